The largest absolute Gasteiger partial charge is 0.381 e. The molecule has 3 fully saturated rings. The average Bonchev–Trinajstić information content (AvgIpc) is 3.10. The van der Waals surface area contributed by atoms with Crippen LogP contribution in [0, 0.1) is 5.92 Å². The quantitative estimate of drug-likeness (QED) is 0.811. The zero-order valence-electron chi connectivity index (χ0n) is 15.3. The van der Waals surface area contributed by atoms with Gasteiger partial charge in [-0.2, -0.15) is 0 Å². The van der Waals surface area contributed by atoms with Crippen LogP contribution in [-0.4, -0.2) is 55.4 Å². The number of hydrogen-bond acceptors (Lipinski definition) is 3. The molecule has 24 heavy (non-hydrogen) atoms. The van der Waals surface area contributed by atoms with E-state index in [1.165, 1.54) is 51.5 Å². The maximum atomic E-state index is 12.3. The van der Waals surface area contributed by atoms with Crippen molar-refractivity contribution < 1.29 is 9.53 Å². The number of amides is 2. The molecule has 0 aromatic carbocycles. The summed E-state index contributed by atoms with van der Waals surface area (Å²) in [6.07, 6.45) is 11.5. The zero-order chi connectivity index (χ0) is 16.8. The van der Waals surface area contributed by atoms with Crippen LogP contribution >= 0.6 is 0 Å². The lowest BCUT2D eigenvalue weighted by molar-refractivity contribution is 0.0570. The van der Waals surface area contributed by atoms with Crippen LogP contribution in [0.25, 0.3) is 0 Å². The SMILES string of the molecule is CC(NC(=O)NCC1CCCN1C1CCCCC1)C1CCOCC1. The first-order valence-corrected chi connectivity index (χ1v) is 10.1. The van der Waals surface area contributed by atoms with E-state index in [4.69, 9.17) is 4.74 Å². The van der Waals surface area contributed by atoms with E-state index in [1.807, 2.05) is 0 Å². The molecule has 5 nitrogen and oxygen atoms in total. The number of nitrogens with zero attached hydrogens (tertiary/aromatic N) is 1. The van der Waals surface area contributed by atoms with E-state index in [9.17, 15) is 4.79 Å². The van der Waals surface area contributed by atoms with Crippen LogP contribution < -0.4 is 10.6 Å². The zero-order valence-corrected chi connectivity index (χ0v) is 15.3. The second-order valence-corrected chi connectivity index (χ2v) is 7.92. The summed E-state index contributed by atoms with van der Waals surface area (Å²) in [7, 11) is 0. The monoisotopic (exact) mass is 337 g/mol. The highest BCUT2D eigenvalue weighted by atomic mass is 16.5. The lowest BCUT2D eigenvalue weighted by Gasteiger charge is -2.35. The average molecular weight is 338 g/mol. The smallest absolute Gasteiger partial charge is 0.315 e. The Bertz CT molecular complexity index is 392. The fourth-order valence-corrected chi connectivity index (χ4v) is 4.77. The third kappa shape index (κ3) is 4.85. The summed E-state index contributed by atoms with van der Waals surface area (Å²) < 4.78 is 5.41. The lowest BCUT2D eigenvalue weighted by Crippen LogP contribution is -2.50. The number of hydrogen-bond donors (Lipinski definition) is 2. The topological polar surface area (TPSA) is 53.6 Å². The molecule has 0 aromatic rings. The highest BCUT2D eigenvalue weighted by Gasteiger charge is 2.31. The Labute approximate surface area is 146 Å². The van der Waals surface area contributed by atoms with Crippen molar-refractivity contribution in [2.75, 3.05) is 26.3 Å². The van der Waals surface area contributed by atoms with Crippen molar-refractivity contribution in [2.24, 2.45) is 5.92 Å². The fourth-order valence-electron chi connectivity index (χ4n) is 4.77. The molecule has 0 aromatic heterocycles. The highest BCUT2D eigenvalue weighted by Crippen LogP contribution is 2.28. The first kappa shape index (κ1) is 18.0. The van der Waals surface area contributed by atoms with Crippen molar-refractivity contribution >= 4 is 6.03 Å². The molecule has 2 saturated heterocycles. The molecule has 2 N–H and O–H groups in total. The van der Waals surface area contributed by atoms with Gasteiger partial charge in [0.15, 0.2) is 0 Å². The van der Waals surface area contributed by atoms with Gasteiger partial charge in [0.05, 0.1) is 0 Å². The van der Waals surface area contributed by atoms with E-state index in [-0.39, 0.29) is 12.1 Å². The van der Waals surface area contributed by atoms with Crippen LogP contribution in [0.4, 0.5) is 4.79 Å². The predicted octanol–water partition coefficient (Wildman–Crippen LogP) is 2.90. The number of urea groups is 1. The summed E-state index contributed by atoms with van der Waals surface area (Å²) in [6.45, 7) is 5.80. The number of rotatable bonds is 5. The van der Waals surface area contributed by atoms with Gasteiger partial charge in [0.1, 0.15) is 0 Å². The van der Waals surface area contributed by atoms with Crippen molar-refractivity contribution in [3.8, 4) is 0 Å². The first-order valence-electron chi connectivity index (χ1n) is 10.1. The van der Waals surface area contributed by atoms with Crippen LogP contribution in [0.3, 0.4) is 0 Å². The van der Waals surface area contributed by atoms with Gasteiger partial charge in [-0.3, -0.25) is 4.90 Å². The third-order valence-corrected chi connectivity index (χ3v) is 6.30. The highest BCUT2D eigenvalue weighted by molar-refractivity contribution is 5.74. The Kier molecular flexibility index (Phi) is 6.78. The minimum absolute atomic E-state index is 0.00415. The van der Waals surface area contributed by atoms with E-state index in [0.29, 0.717) is 12.0 Å². The summed E-state index contributed by atoms with van der Waals surface area (Å²) in [5, 5.41) is 6.28. The molecule has 138 valence electrons. The maximum Gasteiger partial charge on any atom is 0.315 e. The van der Waals surface area contributed by atoms with E-state index in [0.717, 1.165) is 38.6 Å². The fraction of sp³-hybridized carbons (Fsp3) is 0.947. The van der Waals surface area contributed by atoms with Gasteiger partial charge >= 0.3 is 6.03 Å². The first-order chi connectivity index (χ1) is 11.7. The minimum atomic E-state index is 0.00415. The standard InChI is InChI=1S/C19H35N3O2/c1-15(16-9-12-24-13-10-16)21-19(23)20-14-18-8-5-11-22(18)17-6-3-2-4-7-17/h15-18H,2-14H2,1H3,(H2,20,21,23). The summed E-state index contributed by atoms with van der Waals surface area (Å²) in [6, 6.07) is 1.53. The van der Waals surface area contributed by atoms with Gasteiger partial charge in [-0.05, 0) is 57.9 Å². The summed E-state index contributed by atoms with van der Waals surface area (Å²) in [4.78, 5) is 14.9. The Morgan fingerprint density at radius 3 is 2.58 bits per heavy atom. The molecule has 0 bridgehead atoms. The molecule has 3 rings (SSSR count). The van der Waals surface area contributed by atoms with Crippen molar-refractivity contribution in [3.05, 3.63) is 0 Å². The molecule has 2 heterocycles. The Balaban J connectivity index is 1.39. The summed E-state index contributed by atoms with van der Waals surface area (Å²) in [5.74, 6) is 0.551. The van der Waals surface area contributed by atoms with Gasteiger partial charge in [-0.15, -0.1) is 0 Å². The summed E-state index contributed by atoms with van der Waals surface area (Å²) in [5.41, 5.74) is 0. The van der Waals surface area contributed by atoms with E-state index < -0.39 is 0 Å². The second-order valence-electron chi connectivity index (χ2n) is 7.92. The molecule has 1 saturated carbocycles. The molecule has 2 unspecified atom stereocenters. The molecule has 2 atom stereocenters. The Morgan fingerprint density at radius 2 is 1.83 bits per heavy atom. The number of likely N-dealkylation sites (tertiary alicyclic amines) is 1. The van der Waals surface area contributed by atoms with E-state index in [1.54, 1.807) is 0 Å². The molecule has 3 aliphatic rings. The molecule has 1 aliphatic carbocycles. The van der Waals surface area contributed by atoms with Gasteiger partial charge in [0.25, 0.3) is 0 Å². The number of ether oxygens (including phenoxy) is 1. The molecular formula is C19H35N3O2. The van der Waals surface area contributed by atoms with E-state index in [2.05, 4.69) is 22.5 Å². The van der Waals surface area contributed by atoms with E-state index >= 15 is 0 Å². The summed E-state index contributed by atoms with van der Waals surface area (Å²) >= 11 is 0. The van der Waals surface area contributed by atoms with Gasteiger partial charge in [-0.1, -0.05) is 19.3 Å². The predicted molar refractivity (Wildman–Crippen MR) is 96.1 cm³/mol. The van der Waals surface area contributed by atoms with Crippen molar-refractivity contribution in [1.82, 2.24) is 15.5 Å². The van der Waals surface area contributed by atoms with Crippen molar-refractivity contribution in [2.45, 2.75) is 82.8 Å². The molecule has 2 amide bonds. The van der Waals surface area contributed by atoms with Gasteiger partial charge in [0.2, 0.25) is 0 Å². The maximum absolute atomic E-state index is 12.3. The number of carbonyl (C=O) groups is 1. The van der Waals surface area contributed by atoms with Gasteiger partial charge < -0.3 is 15.4 Å². The molecular weight excluding hydrogens is 302 g/mol. The molecule has 5 heteroatoms. The number of carbonyl (C=O) groups excluding carboxylic acids is 1. The minimum Gasteiger partial charge on any atom is -0.381 e. The molecule has 0 radical (unpaired) electrons. The normalized spacial score (nSPS) is 28.6. The Hall–Kier alpha value is -0.810. The van der Waals surface area contributed by atoms with Gasteiger partial charge in [-0.25, -0.2) is 4.79 Å². The van der Waals surface area contributed by atoms with Crippen molar-refractivity contribution in [1.29, 1.82) is 0 Å². The third-order valence-electron chi connectivity index (χ3n) is 6.30. The van der Waals surface area contributed by atoms with Crippen molar-refractivity contribution in [3.63, 3.8) is 0 Å². The molecule has 0 spiro atoms. The van der Waals surface area contributed by atoms with Crippen LogP contribution in [0.5, 0.6) is 0 Å². The van der Waals surface area contributed by atoms with Crippen LogP contribution in [0.2, 0.25) is 0 Å². The Morgan fingerprint density at radius 1 is 1.08 bits per heavy atom. The second kappa shape index (κ2) is 9.04. The van der Waals surface area contributed by atoms with Crippen LogP contribution in [0.1, 0.15) is 64.7 Å². The van der Waals surface area contributed by atoms with Crippen LogP contribution in [-0.2, 0) is 4.74 Å². The van der Waals surface area contributed by atoms with Crippen LogP contribution in [0.15, 0.2) is 0 Å². The lowest BCUT2D eigenvalue weighted by atomic mass is 9.93. The number of nitrogens with one attached hydrogen (secondary N) is 2. The molecule has 2 aliphatic heterocycles. The van der Waals surface area contributed by atoms with Gasteiger partial charge in [0, 0.05) is 37.9 Å².